The van der Waals surface area contributed by atoms with Crippen LogP contribution in [0, 0.1) is 5.41 Å². The topological polar surface area (TPSA) is 32.3 Å². The van der Waals surface area contributed by atoms with E-state index in [2.05, 4.69) is 0 Å². The second-order valence-corrected chi connectivity index (χ2v) is 5.67. The molecule has 3 heteroatoms. The third kappa shape index (κ3) is 2.71. The monoisotopic (exact) mass is 199 g/mol. The summed E-state index contributed by atoms with van der Waals surface area (Å²) >= 11 is 0. The van der Waals surface area contributed by atoms with Crippen LogP contribution in [-0.2, 0) is 4.79 Å². The maximum absolute atomic E-state index is 12.1. The van der Waals surface area contributed by atoms with Crippen molar-refractivity contribution in [1.82, 2.24) is 10.2 Å². The van der Waals surface area contributed by atoms with Crippen LogP contribution in [-0.4, -0.2) is 36.0 Å². The number of nitrogens with zero attached hydrogens (tertiary/aromatic N) is 1. The molecule has 0 spiro atoms. The average molecular weight is 199 g/mol. The van der Waals surface area contributed by atoms with Crippen LogP contribution in [0.25, 0.3) is 0 Å². The molecule has 0 radical (unpaired) electrons. The van der Waals surface area contributed by atoms with Crippen molar-refractivity contribution in [3.63, 3.8) is 0 Å². The summed E-state index contributed by atoms with van der Waals surface area (Å²) in [5.41, 5.74) is -0.556. The van der Waals surface area contributed by atoms with Crippen molar-refractivity contribution in [3.8, 4) is 0 Å². The van der Waals surface area contributed by atoms with E-state index in [1.807, 2.05) is 39.5 Å². The lowest BCUT2D eigenvalue weighted by molar-refractivity contribution is -0.141. The molecule has 0 atom stereocenters. The molecular weight excluding hydrogens is 176 g/mol. The number of piperazine rings is 1. The normalized spacial score (nSPS) is 24.6. The van der Waals surface area contributed by atoms with Gasteiger partial charge in [-0.15, -0.1) is 0 Å². The number of rotatable bonds is 0. The number of carbonyl (C=O) groups is 1. The van der Waals surface area contributed by atoms with E-state index >= 15 is 0 Å². The van der Waals surface area contributed by atoms with Crippen molar-refractivity contribution >= 4 is 5.91 Å². The highest BCUT2D eigenvalue weighted by molar-refractivity contribution is 5.81. The van der Waals surface area contributed by atoms with Crippen molar-refractivity contribution in [2.24, 2.45) is 5.41 Å². The summed E-state index contributed by atoms with van der Waals surface area (Å²) in [5, 5.41) is 1.57. The summed E-state index contributed by atoms with van der Waals surface area (Å²) in [6.45, 7) is 11.8. The van der Waals surface area contributed by atoms with Gasteiger partial charge in [0, 0.05) is 30.6 Å². The maximum Gasteiger partial charge on any atom is 0.228 e. The molecule has 3 nitrogen and oxygen atoms in total. The lowest BCUT2D eigenvalue weighted by atomic mass is 9.92. The van der Waals surface area contributed by atoms with Gasteiger partial charge in [0.05, 0.1) is 0 Å². The third-order valence-corrected chi connectivity index (χ3v) is 2.42. The minimum Gasteiger partial charge on any atom is -0.339 e. The van der Waals surface area contributed by atoms with Crippen LogP contribution in [0.4, 0.5) is 0 Å². The van der Waals surface area contributed by atoms with Crippen molar-refractivity contribution in [2.45, 2.75) is 40.2 Å². The van der Waals surface area contributed by atoms with Gasteiger partial charge in [-0.3, -0.25) is 4.79 Å². The molecule has 0 unspecified atom stereocenters. The van der Waals surface area contributed by atoms with Gasteiger partial charge in [-0.05, 0) is 13.8 Å². The first kappa shape index (κ1) is 9.97. The van der Waals surface area contributed by atoms with Gasteiger partial charge >= 0.3 is 0 Å². The van der Waals surface area contributed by atoms with Gasteiger partial charge in [0.2, 0.25) is 5.91 Å². The van der Waals surface area contributed by atoms with Crippen LogP contribution in [0.3, 0.4) is 0 Å². The molecule has 0 aliphatic carbocycles. The Bertz CT molecular complexity index is 258. The number of hydrogen-bond donors (Lipinski definition) is 1. The Morgan fingerprint density at radius 1 is 1.50 bits per heavy atom. The smallest absolute Gasteiger partial charge is 0.228 e. The zero-order chi connectivity index (χ0) is 11.9. The first-order valence-corrected chi connectivity index (χ1v) is 5.20. The Morgan fingerprint density at radius 2 is 2.07 bits per heavy atom. The Balaban J connectivity index is 2.72. The molecule has 0 saturated carbocycles. The van der Waals surface area contributed by atoms with E-state index in [0.717, 1.165) is 0 Å². The molecule has 1 amide bonds. The molecule has 1 fully saturated rings. The van der Waals surface area contributed by atoms with E-state index in [1.54, 1.807) is 5.31 Å². The van der Waals surface area contributed by atoms with Gasteiger partial charge in [-0.1, -0.05) is 20.8 Å². The minimum absolute atomic E-state index is 0.184. The zero-order valence-corrected chi connectivity index (χ0v) is 9.92. The van der Waals surface area contributed by atoms with Crippen LogP contribution in [0.1, 0.15) is 34.6 Å². The van der Waals surface area contributed by atoms with Crippen molar-refractivity contribution in [2.75, 3.05) is 19.6 Å². The van der Waals surface area contributed by atoms with Crippen LogP contribution in [0.2, 0.25) is 1.41 Å². The molecular formula is C11H22N2O. The summed E-state index contributed by atoms with van der Waals surface area (Å²) in [6.07, 6.45) is 0. The van der Waals surface area contributed by atoms with E-state index in [4.69, 9.17) is 1.41 Å². The van der Waals surface area contributed by atoms with Gasteiger partial charge in [-0.25, -0.2) is 0 Å². The van der Waals surface area contributed by atoms with E-state index in [0.29, 0.717) is 19.6 Å². The van der Waals surface area contributed by atoms with E-state index in [1.165, 1.54) is 0 Å². The van der Waals surface area contributed by atoms with Gasteiger partial charge in [0.25, 0.3) is 0 Å². The number of carbonyl (C=O) groups excluding carboxylic acids is 1. The van der Waals surface area contributed by atoms with E-state index in [-0.39, 0.29) is 16.9 Å². The summed E-state index contributed by atoms with van der Waals surface area (Å²) in [5.74, 6) is 0.184. The molecule has 1 rings (SSSR count). The predicted octanol–water partition coefficient (Wildman–Crippen LogP) is 1.24. The lowest BCUT2D eigenvalue weighted by Gasteiger charge is -2.41. The minimum atomic E-state index is -0.319. The first-order chi connectivity index (χ1) is 6.64. The zero-order valence-electron chi connectivity index (χ0n) is 10.9. The molecule has 1 N–H and O–H groups in total. The fourth-order valence-electron chi connectivity index (χ4n) is 1.72. The Kier molecular flexibility index (Phi) is 2.52. The molecule has 1 aliphatic heterocycles. The van der Waals surface area contributed by atoms with Gasteiger partial charge in [-0.2, -0.15) is 0 Å². The highest BCUT2D eigenvalue weighted by Crippen LogP contribution is 2.20. The Morgan fingerprint density at radius 3 is 2.50 bits per heavy atom. The largest absolute Gasteiger partial charge is 0.339 e. The second kappa shape index (κ2) is 3.54. The molecule has 1 heterocycles. The summed E-state index contributed by atoms with van der Waals surface area (Å²) in [6, 6.07) is 0. The number of amides is 1. The SMILES string of the molecule is [2H]N1CCN(C(=O)C(C)(C)C)CC1(C)C. The molecule has 1 aliphatic rings. The predicted molar refractivity (Wildman–Crippen MR) is 58.1 cm³/mol. The van der Waals surface area contributed by atoms with Gasteiger partial charge in [0.15, 0.2) is 0 Å². The number of hydrogen-bond acceptors (Lipinski definition) is 2. The fraction of sp³-hybridized carbons (Fsp3) is 0.909. The van der Waals surface area contributed by atoms with Gasteiger partial charge < -0.3 is 10.2 Å². The van der Waals surface area contributed by atoms with Gasteiger partial charge in [0.1, 0.15) is 1.41 Å². The highest BCUT2D eigenvalue weighted by Gasteiger charge is 2.33. The van der Waals surface area contributed by atoms with E-state index in [9.17, 15) is 4.79 Å². The molecule has 14 heavy (non-hydrogen) atoms. The quantitative estimate of drug-likeness (QED) is 0.636. The number of nitrogens with one attached hydrogen (secondary N) is 1. The molecule has 0 aromatic carbocycles. The highest BCUT2D eigenvalue weighted by atomic mass is 16.2. The molecule has 1 saturated heterocycles. The maximum atomic E-state index is 12.1. The lowest BCUT2D eigenvalue weighted by Crippen LogP contribution is -2.59. The molecule has 82 valence electrons. The molecule has 0 bridgehead atoms. The van der Waals surface area contributed by atoms with Crippen LogP contribution in [0.5, 0.6) is 0 Å². The fourth-order valence-corrected chi connectivity index (χ4v) is 1.72. The Labute approximate surface area is 88.3 Å². The Hall–Kier alpha value is -0.570. The van der Waals surface area contributed by atoms with E-state index < -0.39 is 0 Å². The van der Waals surface area contributed by atoms with Crippen LogP contribution < -0.4 is 5.31 Å². The van der Waals surface area contributed by atoms with Crippen molar-refractivity contribution < 1.29 is 6.21 Å². The molecule has 0 aromatic rings. The third-order valence-electron chi connectivity index (χ3n) is 2.42. The summed E-state index contributed by atoms with van der Waals surface area (Å²) < 4.78 is 7.76. The van der Waals surface area contributed by atoms with Crippen molar-refractivity contribution in [3.05, 3.63) is 0 Å². The summed E-state index contributed by atoms with van der Waals surface area (Å²) in [4.78, 5) is 13.9. The average Bonchev–Trinajstić information content (AvgIpc) is 2.07. The second-order valence-electron chi connectivity index (χ2n) is 5.67. The van der Waals surface area contributed by atoms with Crippen molar-refractivity contribution in [1.29, 1.82) is 0 Å². The van der Waals surface area contributed by atoms with Crippen LogP contribution in [0.15, 0.2) is 0 Å². The standard InChI is InChI=1S/C11H22N2O/c1-10(2,3)9(14)13-7-6-12-11(4,5)8-13/h12H,6-8H2,1-5H3/i/hD. The van der Waals surface area contributed by atoms with Crippen LogP contribution >= 0.6 is 0 Å². The summed E-state index contributed by atoms with van der Waals surface area (Å²) in [7, 11) is 0. The molecule has 0 aromatic heterocycles. The first-order valence-electron chi connectivity index (χ1n) is 5.65.